The van der Waals surface area contributed by atoms with Crippen LogP contribution < -0.4 is 5.32 Å². The van der Waals surface area contributed by atoms with Crippen LogP contribution in [0.4, 0.5) is 0 Å². The molecule has 0 radical (unpaired) electrons. The van der Waals surface area contributed by atoms with Crippen LogP contribution in [0.25, 0.3) is 0 Å². The zero-order valence-corrected chi connectivity index (χ0v) is 12.4. The highest BCUT2D eigenvalue weighted by Gasteiger charge is 2.24. The van der Waals surface area contributed by atoms with Crippen molar-refractivity contribution in [2.75, 3.05) is 20.1 Å². The van der Waals surface area contributed by atoms with Gasteiger partial charge in [-0.25, -0.2) is 0 Å². The molecule has 1 saturated heterocycles. The molecule has 0 aromatic carbocycles. The highest BCUT2D eigenvalue weighted by atomic mass is 16.2. The van der Waals surface area contributed by atoms with Gasteiger partial charge in [-0.1, -0.05) is 0 Å². The van der Waals surface area contributed by atoms with Crippen molar-refractivity contribution in [3.63, 3.8) is 0 Å². The van der Waals surface area contributed by atoms with Crippen LogP contribution in [0.3, 0.4) is 0 Å². The number of hydrogen-bond donors (Lipinski definition) is 1. The molecule has 1 aromatic rings. The molecule has 0 aliphatic carbocycles. The number of rotatable bonds is 3. The summed E-state index contributed by atoms with van der Waals surface area (Å²) >= 11 is 0. The molecule has 5 heteroatoms. The lowest BCUT2D eigenvalue weighted by atomic mass is 10.0. The summed E-state index contributed by atoms with van der Waals surface area (Å²) in [7, 11) is 3.89. The van der Waals surface area contributed by atoms with E-state index in [4.69, 9.17) is 0 Å². The summed E-state index contributed by atoms with van der Waals surface area (Å²) in [6.45, 7) is 5.71. The first-order valence-electron chi connectivity index (χ1n) is 6.97. The van der Waals surface area contributed by atoms with Crippen LogP contribution in [0.5, 0.6) is 0 Å². The number of piperidine rings is 1. The van der Waals surface area contributed by atoms with Crippen molar-refractivity contribution in [3.05, 3.63) is 17.0 Å². The van der Waals surface area contributed by atoms with Crippen molar-refractivity contribution in [2.45, 2.75) is 39.2 Å². The lowest BCUT2D eigenvalue weighted by Crippen LogP contribution is -2.47. The Bertz CT molecular complexity index is 466. The third kappa shape index (κ3) is 2.97. The number of nitrogens with zero attached hydrogens (tertiary/aromatic N) is 3. The van der Waals surface area contributed by atoms with Gasteiger partial charge in [-0.2, -0.15) is 5.10 Å². The fraction of sp³-hybridized carbons (Fsp3) is 0.714. The van der Waals surface area contributed by atoms with Gasteiger partial charge in [-0.15, -0.1) is 0 Å². The van der Waals surface area contributed by atoms with E-state index in [1.165, 1.54) is 0 Å². The molecule has 0 saturated carbocycles. The average Bonchev–Trinajstić information content (AvgIpc) is 2.65. The number of nitrogens with one attached hydrogen (secondary N) is 1. The molecule has 1 aliphatic heterocycles. The Kier molecular flexibility index (Phi) is 4.24. The molecule has 2 rings (SSSR count). The number of amides is 1. The lowest BCUT2D eigenvalue weighted by molar-refractivity contribution is -0.131. The van der Waals surface area contributed by atoms with Crippen molar-refractivity contribution < 1.29 is 4.79 Å². The predicted octanol–water partition coefficient (Wildman–Crippen LogP) is 0.790. The maximum absolute atomic E-state index is 12.4. The van der Waals surface area contributed by atoms with E-state index in [0.717, 1.165) is 42.9 Å². The minimum Gasteiger partial charge on any atom is -0.341 e. The number of likely N-dealkylation sites (N-methyl/N-ethyl adjacent to an activating group) is 1. The molecule has 106 valence electrons. The Morgan fingerprint density at radius 3 is 2.79 bits per heavy atom. The zero-order valence-electron chi connectivity index (χ0n) is 12.4. The topological polar surface area (TPSA) is 50.2 Å². The highest BCUT2D eigenvalue weighted by Crippen LogP contribution is 2.16. The molecule has 1 amide bonds. The highest BCUT2D eigenvalue weighted by molar-refractivity contribution is 5.79. The van der Waals surface area contributed by atoms with E-state index < -0.39 is 0 Å². The summed E-state index contributed by atoms with van der Waals surface area (Å²) in [4.78, 5) is 14.4. The third-order valence-electron chi connectivity index (χ3n) is 4.17. The van der Waals surface area contributed by atoms with Gasteiger partial charge in [0, 0.05) is 37.4 Å². The number of carbonyl (C=O) groups excluding carboxylic acids is 1. The second-order valence-corrected chi connectivity index (χ2v) is 5.42. The van der Waals surface area contributed by atoms with Crippen molar-refractivity contribution >= 4 is 5.91 Å². The van der Waals surface area contributed by atoms with Crippen LogP contribution in [0, 0.1) is 13.8 Å². The Balaban J connectivity index is 2.04. The molecule has 1 atom stereocenters. The van der Waals surface area contributed by atoms with E-state index in [1.807, 2.05) is 37.5 Å². The van der Waals surface area contributed by atoms with Gasteiger partial charge in [0.05, 0.1) is 12.1 Å². The quantitative estimate of drug-likeness (QED) is 0.878. The molecule has 1 N–H and O–H groups in total. The van der Waals surface area contributed by atoms with Crippen molar-refractivity contribution in [1.29, 1.82) is 0 Å². The lowest BCUT2D eigenvalue weighted by Gasteiger charge is -2.32. The second-order valence-electron chi connectivity index (χ2n) is 5.42. The summed E-state index contributed by atoms with van der Waals surface area (Å²) in [5.41, 5.74) is 3.14. The Morgan fingerprint density at radius 1 is 1.47 bits per heavy atom. The summed E-state index contributed by atoms with van der Waals surface area (Å²) < 4.78 is 1.85. The monoisotopic (exact) mass is 264 g/mol. The van der Waals surface area contributed by atoms with E-state index in [0.29, 0.717) is 12.5 Å². The molecular formula is C14H24N4O. The standard InChI is InChI=1S/C14H24N4O/c1-10-13(11(2)17(4)16-10)8-14(19)18-7-5-6-12(9-18)15-3/h12,15H,5-9H2,1-4H3. The molecule has 5 nitrogen and oxygen atoms in total. The van der Waals surface area contributed by atoms with Crippen LogP contribution in [-0.4, -0.2) is 46.8 Å². The summed E-state index contributed by atoms with van der Waals surface area (Å²) in [6, 6.07) is 0.439. The van der Waals surface area contributed by atoms with E-state index >= 15 is 0 Å². The number of aryl methyl sites for hydroxylation is 2. The fourth-order valence-electron chi connectivity index (χ4n) is 2.78. The number of likely N-dealkylation sites (tertiary alicyclic amines) is 1. The van der Waals surface area contributed by atoms with Gasteiger partial charge >= 0.3 is 0 Å². The van der Waals surface area contributed by atoms with Gasteiger partial charge in [0.25, 0.3) is 0 Å². The molecule has 1 aromatic heterocycles. The minimum atomic E-state index is 0.221. The second kappa shape index (κ2) is 5.74. The molecule has 1 fully saturated rings. The number of carbonyl (C=O) groups is 1. The Labute approximate surface area is 115 Å². The van der Waals surface area contributed by atoms with Gasteiger partial charge < -0.3 is 10.2 Å². The molecule has 0 spiro atoms. The minimum absolute atomic E-state index is 0.221. The van der Waals surface area contributed by atoms with E-state index in [1.54, 1.807) is 0 Å². The predicted molar refractivity (Wildman–Crippen MR) is 75.0 cm³/mol. The molecule has 19 heavy (non-hydrogen) atoms. The molecule has 1 unspecified atom stereocenters. The van der Waals surface area contributed by atoms with Crippen LogP contribution in [0.2, 0.25) is 0 Å². The van der Waals surface area contributed by atoms with Crippen molar-refractivity contribution in [3.8, 4) is 0 Å². The first-order chi connectivity index (χ1) is 9.02. The fourth-order valence-corrected chi connectivity index (χ4v) is 2.78. The zero-order chi connectivity index (χ0) is 14.0. The van der Waals surface area contributed by atoms with Gasteiger partial charge in [-0.3, -0.25) is 9.48 Å². The summed E-state index contributed by atoms with van der Waals surface area (Å²) in [5, 5.41) is 7.64. The molecule has 2 heterocycles. The van der Waals surface area contributed by atoms with E-state index in [9.17, 15) is 4.79 Å². The van der Waals surface area contributed by atoms with Crippen LogP contribution >= 0.6 is 0 Å². The third-order valence-corrected chi connectivity index (χ3v) is 4.17. The first-order valence-corrected chi connectivity index (χ1v) is 6.97. The smallest absolute Gasteiger partial charge is 0.227 e. The first kappa shape index (κ1) is 14.1. The maximum atomic E-state index is 12.4. The van der Waals surface area contributed by atoms with Crippen LogP contribution in [-0.2, 0) is 18.3 Å². The SMILES string of the molecule is CNC1CCCN(C(=O)Cc2c(C)nn(C)c2C)C1. The number of aromatic nitrogens is 2. The molecular weight excluding hydrogens is 240 g/mol. The van der Waals surface area contributed by atoms with Crippen LogP contribution in [0.1, 0.15) is 29.8 Å². The number of hydrogen-bond acceptors (Lipinski definition) is 3. The van der Waals surface area contributed by atoms with Crippen molar-refractivity contribution in [2.24, 2.45) is 7.05 Å². The van der Waals surface area contributed by atoms with Gasteiger partial charge in [-0.05, 0) is 33.7 Å². The van der Waals surface area contributed by atoms with E-state index in [-0.39, 0.29) is 5.91 Å². The van der Waals surface area contributed by atoms with Gasteiger partial charge in [0.1, 0.15) is 0 Å². The molecule has 1 aliphatic rings. The van der Waals surface area contributed by atoms with Crippen molar-refractivity contribution in [1.82, 2.24) is 20.0 Å². The summed E-state index contributed by atoms with van der Waals surface area (Å²) in [5.74, 6) is 0.221. The van der Waals surface area contributed by atoms with Gasteiger partial charge in [0.2, 0.25) is 5.91 Å². The van der Waals surface area contributed by atoms with E-state index in [2.05, 4.69) is 10.4 Å². The maximum Gasteiger partial charge on any atom is 0.227 e. The van der Waals surface area contributed by atoms with Gasteiger partial charge in [0.15, 0.2) is 0 Å². The molecule has 0 bridgehead atoms. The summed E-state index contributed by atoms with van der Waals surface area (Å²) in [6.07, 6.45) is 2.72. The Hall–Kier alpha value is -1.36. The largest absolute Gasteiger partial charge is 0.341 e. The Morgan fingerprint density at radius 2 is 2.21 bits per heavy atom. The average molecular weight is 264 g/mol. The normalized spacial score (nSPS) is 19.8. The van der Waals surface area contributed by atoms with Crippen LogP contribution in [0.15, 0.2) is 0 Å².